The molecule has 0 saturated heterocycles. The molecule has 0 aromatic carbocycles. The SMILES string of the molecule is CCNC(=NCc1ccco1)NCCCCc1nc(C)cs1. The van der Waals surface area contributed by atoms with Crippen LogP contribution in [0.2, 0.25) is 0 Å². The number of nitrogens with one attached hydrogen (secondary N) is 2. The summed E-state index contributed by atoms with van der Waals surface area (Å²) in [5.41, 5.74) is 1.12. The molecule has 0 saturated carbocycles. The highest BCUT2D eigenvalue weighted by Gasteiger charge is 2.00. The van der Waals surface area contributed by atoms with Crippen LogP contribution in [0.25, 0.3) is 0 Å². The third kappa shape index (κ3) is 5.89. The fourth-order valence-corrected chi connectivity index (χ4v) is 2.84. The van der Waals surface area contributed by atoms with Gasteiger partial charge in [-0.05, 0) is 45.2 Å². The van der Waals surface area contributed by atoms with Gasteiger partial charge in [0, 0.05) is 24.2 Å². The number of guanidine groups is 1. The molecule has 0 fully saturated rings. The van der Waals surface area contributed by atoms with Gasteiger partial charge in [-0.15, -0.1) is 11.3 Å². The number of furan rings is 1. The Hall–Kier alpha value is -1.82. The Labute approximate surface area is 135 Å². The number of aliphatic imine (C=N–C) groups is 1. The van der Waals surface area contributed by atoms with E-state index in [9.17, 15) is 0 Å². The first-order valence-electron chi connectivity index (χ1n) is 7.73. The van der Waals surface area contributed by atoms with Gasteiger partial charge in [0.2, 0.25) is 0 Å². The van der Waals surface area contributed by atoms with Gasteiger partial charge < -0.3 is 15.1 Å². The van der Waals surface area contributed by atoms with Crippen LogP contribution in [0.15, 0.2) is 33.2 Å². The van der Waals surface area contributed by atoms with Gasteiger partial charge in [0.1, 0.15) is 12.3 Å². The highest BCUT2D eigenvalue weighted by molar-refractivity contribution is 7.09. The van der Waals surface area contributed by atoms with Crippen molar-refractivity contribution in [3.05, 3.63) is 40.2 Å². The summed E-state index contributed by atoms with van der Waals surface area (Å²) in [6, 6.07) is 3.81. The molecule has 0 radical (unpaired) electrons. The Morgan fingerprint density at radius 1 is 1.36 bits per heavy atom. The largest absolute Gasteiger partial charge is 0.467 e. The molecule has 2 aromatic rings. The lowest BCUT2D eigenvalue weighted by Gasteiger charge is -2.10. The summed E-state index contributed by atoms with van der Waals surface area (Å²) >= 11 is 1.75. The van der Waals surface area contributed by atoms with Gasteiger partial charge in [0.25, 0.3) is 0 Å². The summed E-state index contributed by atoms with van der Waals surface area (Å²) in [6.45, 7) is 6.42. The Kier molecular flexibility index (Phi) is 6.96. The number of aromatic nitrogens is 1. The summed E-state index contributed by atoms with van der Waals surface area (Å²) in [6.07, 6.45) is 4.97. The van der Waals surface area contributed by atoms with E-state index in [1.54, 1.807) is 17.6 Å². The van der Waals surface area contributed by atoms with E-state index >= 15 is 0 Å². The zero-order chi connectivity index (χ0) is 15.6. The zero-order valence-corrected chi connectivity index (χ0v) is 14.1. The molecule has 2 N–H and O–H groups in total. The molecular weight excluding hydrogens is 296 g/mol. The van der Waals surface area contributed by atoms with Crippen molar-refractivity contribution in [3.8, 4) is 0 Å². The monoisotopic (exact) mass is 320 g/mol. The number of hydrogen-bond acceptors (Lipinski definition) is 4. The maximum Gasteiger partial charge on any atom is 0.191 e. The molecule has 2 aromatic heterocycles. The van der Waals surface area contributed by atoms with Gasteiger partial charge in [-0.25, -0.2) is 9.98 Å². The van der Waals surface area contributed by atoms with Gasteiger partial charge in [-0.1, -0.05) is 0 Å². The highest BCUT2D eigenvalue weighted by atomic mass is 32.1. The number of hydrogen-bond donors (Lipinski definition) is 2. The minimum atomic E-state index is 0.556. The second-order valence-electron chi connectivity index (χ2n) is 5.04. The van der Waals surface area contributed by atoms with Crippen molar-refractivity contribution in [2.45, 2.75) is 39.7 Å². The summed E-state index contributed by atoms with van der Waals surface area (Å²) in [5, 5.41) is 9.94. The summed E-state index contributed by atoms with van der Waals surface area (Å²) in [4.78, 5) is 8.99. The predicted octanol–water partition coefficient (Wildman–Crippen LogP) is 3.12. The molecule has 5 nitrogen and oxygen atoms in total. The lowest BCUT2D eigenvalue weighted by Crippen LogP contribution is -2.37. The molecule has 0 bridgehead atoms. The Morgan fingerprint density at radius 3 is 2.95 bits per heavy atom. The van der Waals surface area contributed by atoms with Gasteiger partial charge in [-0.3, -0.25) is 0 Å². The van der Waals surface area contributed by atoms with Crippen molar-refractivity contribution < 1.29 is 4.42 Å². The normalized spacial score (nSPS) is 11.6. The van der Waals surface area contributed by atoms with Crippen LogP contribution >= 0.6 is 11.3 Å². The number of rotatable bonds is 8. The van der Waals surface area contributed by atoms with E-state index in [0.29, 0.717) is 6.54 Å². The van der Waals surface area contributed by atoms with Crippen molar-refractivity contribution in [1.29, 1.82) is 0 Å². The number of unbranched alkanes of at least 4 members (excludes halogenated alkanes) is 1. The van der Waals surface area contributed by atoms with E-state index in [1.165, 1.54) is 5.01 Å². The Balaban J connectivity index is 1.66. The second-order valence-corrected chi connectivity index (χ2v) is 5.98. The van der Waals surface area contributed by atoms with Crippen molar-refractivity contribution in [2.75, 3.05) is 13.1 Å². The first kappa shape index (κ1) is 16.5. The van der Waals surface area contributed by atoms with Crippen LogP contribution in [0.1, 0.15) is 36.2 Å². The smallest absolute Gasteiger partial charge is 0.191 e. The molecule has 2 rings (SSSR count). The van der Waals surface area contributed by atoms with E-state index in [1.807, 2.05) is 19.1 Å². The van der Waals surface area contributed by atoms with Crippen molar-refractivity contribution >= 4 is 17.3 Å². The van der Waals surface area contributed by atoms with Gasteiger partial charge in [0.15, 0.2) is 5.96 Å². The molecule has 0 aliphatic carbocycles. The third-order valence-corrected chi connectivity index (χ3v) is 4.12. The van der Waals surface area contributed by atoms with Crippen LogP contribution in [0.3, 0.4) is 0 Å². The maximum absolute atomic E-state index is 5.29. The second kappa shape index (κ2) is 9.25. The maximum atomic E-state index is 5.29. The lowest BCUT2D eigenvalue weighted by atomic mass is 10.2. The van der Waals surface area contributed by atoms with Crippen molar-refractivity contribution in [3.63, 3.8) is 0 Å². The fraction of sp³-hybridized carbons (Fsp3) is 0.500. The molecular formula is C16H24N4OS. The van der Waals surface area contributed by atoms with E-state index in [2.05, 4.69) is 32.9 Å². The first-order valence-corrected chi connectivity index (χ1v) is 8.61. The summed E-state index contributed by atoms with van der Waals surface area (Å²) in [5.74, 6) is 1.71. The minimum absolute atomic E-state index is 0.556. The van der Waals surface area contributed by atoms with Crippen LogP contribution in [0.4, 0.5) is 0 Å². The molecule has 120 valence electrons. The molecule has 0 unspecified atom stereocenters. The molecule has 0 aliphatic rings. The van der Waals surface area contributed by atoms with E-state index < -0.39 is 0 Å². The van der Waals surface area contributed by atoms with Gasteiger partial charge in [-0.2, -0.15) is 0 Å². The van der Waals surface area contributed by atoms with Crippen LogP contribution in [-0.4, -0.2) is 24.0 Å². The molecule has 2 heterocycles. The molecule has 0 amide bonds. The van der Waals surface area contributed by atoms with Gasteiger partial charge in [0.05, 0.1) is 11.3 Å². The topological polar surface area (TPSA) is 62.5 Å². The van der Waals surface area contributed by atoms with Crippen LogP contribution < -0.4 is 10.6 Å². The number of aryl methyl sites for hydroxylation is 2. The standard InChI is InChI=1S/C16H24N4OS/c1-3-17-16(19-11-14-7-6-10-21-14)18-9-5-4-8-15-20-13(2)12-22-15/h6-7,10,12H,3-5,8-9,11H2,1-2H3,(H2,17,18,19). The van der Waals surface area contributed by atoms with E-state index in [4.69, 9.17) is 4.42 Å². The molecule has 6 heteroatoms. The minimum Gasteiger partial charge on any atom is -0.467 e. The summed E-state index contributed by atoms with van der Waals surface area (Å²) < 4.78 is 5.29. The van der Waals surface area contributed by atoms with Crippen LogP contribution in [0.5, 0.6) is 0 Å². The molecule has 0 aliphatic heterocycles. The van der Waals surface area contributed by atoms with E-state index in [0.717, 1.165) is 49.8 Å². The highest BCUT2D eigenvalue weighted by Crippen LogP contribution is 2.11. The first-order chi connectivity index (χ1) is 10.8. The fourth-order valence-electron chi connectivity index (χ4n) is 2.03. The summed E-state index contributed by atoms with van der Waals surface area (Å²) in [7, 11) is 0. The number of nitrogens with zero attached hydrogens (tertiary/aromatic N) is 2. The van der Waals surface area contributed by atoms with E-state index in [-0.39, 0.29) is 0 Å². The van der Waals surface area contributed by atoms with Crippen LogP contribution in [-0.2, 0) is 13.0 Å². The quantitative estimate of drug-likeness (QED) is 0.446. The van der Waals surface area contributed by atoms with Gasteiger partial charge >= 0.3 is 0 Å². The van der Waals surface area contributed by atoms with Crippen LogP contribution in [0, 0.1) is 6.92 Å². The molecule has 0 spiro atoms. The molecule has 0 atom stereocenters. The number of thiazole rings is 1. The Bertz CT molecular complexity index is 562. The van der Waals surface area contributed by atoms with Crippen molar-refractivity contribution in [2.24, 2.45) is 4.99 Å². The molecule has 22 heavy (non-hydrogen) atoms. The average Bonchev–Trinajstić information content (AvgIpc) is 3.16. The Morgan fingerprint density at radius 2 is 2.27 bits per heavy atom. The third-order valence-electron chi connectivity index (χ3n) is 3.09. The lowest BCUT2D eigenvalue weighted by molar-refractivity contribution is 0.512. The average molecular weight is 320 g/mol. The predicted molar refractivity (Wildman–Crippen MR) is 91.3 cm³/mol. The van der Waals surface area contributed by atoms with Crippen molar-refractivity contribution in [1.82, 2.24) is 15.6 Å². The zero-order valence-electron chi connectivity index (χ0n) is 13.3.